The van der Waals surface area contributed by atoms with Crippen LogP contribution < -0.4 is 5.32 Å². The topological polar surface area (TPSA) is 70.0 Å². The molecule has 3 aromatic carbocycles. The fourth-order valence-corrected chi connectivity index (χ4v) is 4.60. The Bertz CT molecular complexity index is 1440. The molecule has 2 heterocycles. The summed E-state index contributed by atoms with van der Waals surface area (Å²) in [5.74, 6) is -0.861. The number of rotatable bonds is 8. The average Bonchev–Trinajstić information content (AvgIpc) is 3.39. The second kappa shape index (κ2) is 9.14. The maximum absolute atomic E-state index is 12.0. The predicted molar refractivity (Wildman–Crippen MR) is 133 cm³/mol. The van der Waals surface area contributed by atoms with E-state index in [4.69, 9.17) is 11.6 Å². The SMILES string of the molecule is O=C(O)[C@@H](Cc1c[nH]c2ccccc12)NCc1cn(Cc2ccccc2Cl)c2ccccc12. The van der Waals surface area contributed by atoms with E-state index >= 15 is 0 Å². The van der Waals surface area contributed by atoms with Crippen molar-refractivity contribution in [1.82, 2.24) is 14.9 Å². The quantitative estimate of drug-likeness (QED) is 0.283. The number of carboxylic acid groups (broad SMARTS) is 1. The van der Waals surface area contributed by atoms with Crippen LogP contribution in [0.1, 0.15) is 16.7 Å². The summed E-state index contributed by atoms with van der Waals surface area (Å²) in [4.78, 5) is 15.3. The number of nitrogens with zero attached hydrogens (tertiary/aromatic N) is 1. The molecule has 0 radical (unpaired) electrons. The van der Waals surface area contributed by atoms with Gasteiger partial charge in [-0.2, -0.15) is 0 Å². The van der Waals surface area contributed by atoms with Gasteiger partial charge >= 0.3 is 5.97 Å². The summed E-state index contributed by atoms with van der Waals surface area (Å²) < 4.78 is 2.17. The molecule has 166 valence electrons. The number of carboxylic acids is 1. The molecule has 0 saturated carbocycles. The van der Waals surface area contributed by atoms with Gasteiger partial charge in [0.05, 0.1) is 0 Å². The van der Waals surface area contributed by atoms with Crippen molar-refractivity contribution < 1.29 is 9.90 Å². The highest BCUT2D eigenvalue weighted by Gasteiger charge is 2.20. The van der Waals surface area contributed by atoms with Gasteiger partial charge in [-0.25, -0.2) is 0 Å². The van der Waals surface area contributed by atoms with Gasteiger partial charge in [0, 0.05) is 58.7 Å². The number of hydrogen-bond acceptors (Lipinski definition) is 2. The second-order valence-electron chi connectivity index (χ2n) is 8.23. The number of fused-ring (bicyclic) bond motifs is 2. The Hall–Kier alpha value is -3.54. The van der Waals surface area contributed by atoms with E-state index in [0.717, 1.165) is 43.5 Å². The molecule has 0 aliphatic heterocycles. The second-order valence-corrected chi connectivity index (χ2v) is 8.63. The van der Waals surface area contributed by atoms with Crippen LogP contribution in [0.4, 0.5) is 0 Å². The molecule has 0 bridgehead atoms. The normalized spacial score (nSPS) is 12.4. The van der Waals surface area contributed by atoms with Gasteiger partial charge in [-0.1, -0.05) is 66.2 Å². The molecule has 3 N–H and O–H groups in total. The maximum atomic E-state index is 12.0. The van der Waals surface area contributed by atoms with Crippen LogP contribution >= 0.6 is 11.6 Å². The molecule has 5 nitrogen and oxygen atoms in total. The largest absolute Gasteiger partial charge is 0.480 e. The summed E-state index contributed by atoms with van der Waals surface area (Å²) in [6.07, 6.45) is 4.39. The molecule has 5 aromatic rings. The summed E-state index contributed by atoms with van der Waals surface area (Å²) in [7, 11) is 0. The van der Waals surface area contributed by atoms with Crippen molar-refractivity contribution in [1.29, 1.82) is 0 Å². The molecule has 0 amide bonds. The number of benzene rings is 3. The molecule has 33 heavy (non-hydrogen) atoms. The molecule has 0 fully saturated rings. The molecule has 5 rings (SSSR count). The van der Waals surface area contributed by atoms with E-state index < -0.39 is 12.0 Å². The number of aromatic amines is 1. The predicted octanol–water partition coefficient (Wildman–Crippen LogP) is 5.61. The Morgan fingerprint density at radius 1 is 0.939 bits per heavy atom. The van der Waals surface area contributed by atoms with Crippen molar-refractivity contribution >= 4 is 39.4 Å². The molecule has 0 spiro atoms. The smallest absolute Gasteiger partial charge is 0.321 e. The van der Waals surface area contributed by atoms with Crippen LogP contribution in [0.3, 0.4) is 0 Å². The van der Waals surface area contributed by atoms with Gasteiger partial charge < -0.3 is 14.7 Å². The number of H-pyrrole nitrogens is 1. The Balaban J connectivity index is 1.39. The lowest BCUT2D eigenvalue weighted by Crippen LogP contribution is -2.38. The number of aromatic nitrogens is 2. The molecular weight excluding hydrogens is 434 g/mol. The number of halogens is 1. The third-order valence-corrected chi connectivity index (χ3v) is 6.47. The number of nitrogens with one attached hydrogen (secondary N) is 2. The van der Waals surface area contributed by atoms with Crippen LogP contribution in [0.25, 0.3) is 21.8 Å². The average molecular weight is 458 g/mol. The molecule has 1 atom stereocenters. The van der Waals surface area contributed by atoms with E-state index in [0.29, 0.717) is 19.5 Å². The zero-order valence-electron chi connectivity index (χ0n) is 18.0. The van der Waals surface area contributed by atoms with Gasteiger partial charge in [-0.3, -0.25) is 10.1 Å². The van der Waals surface area contributed by atoms with Gasteiger partial charge in [0.25, 0.3) is 0 Å². The Morgan fingerprint density at radius 2 is 1.67 bits per heavy atom. The lowest BCUT2D eigenvalue weighted by Gasteiger charge is -2.14. The van der Waals surface area contributed by atoms with Gasteiger partial charge in [0.1, 0.15) is 6.04 Å². The fraction of sp³-hybridized carbons (Fsp3) is 0.148. The molecular formula is C27H24ClN3O2. The first-order valence-electron chi connectivity index (χ1n) is 10.9. The zero-order chi connectivity index (χ0) is 22.8. The van der Waals surface area contributed by atoms with Crippen LogP contribution in [-0.2, 0) is 24.3 Å². The summed E-state index contributed by atoms with van der Waals surface area (Å²) in [6, 6.07) is 23.3. The monoisotopic (exact) mass is 457 g/mol. The molecule has 0 unspecified atom stereocenters. The van der Waals surface area contributed by atoms with E-state index in [1.54, 1.807) is 0 Å². The summed E-state index contributed by atoms with van der Waals surface area (Å²) in [5, 5.41) is 16.0. The lowest BCUT2D eigenvalue weighted by molar-refractivity contribution is -0.139. The third kappa shape index (κ3) is 4.38. The van der Waals surface area contributed by atoms with Crippen molar-refractivity contribution in [2.24, 2.45) is 0 Å². The first-order chi connectivity index (χ1) is 16.1. The third-order valence-electron chi connectivity index (χ3n) is 6.11. The number of aliphatic carboxylic acids is 1. The molecule has 6 heteroatoms. The van der Waals surface area contributed by atoms with Gasteiger partial charge in [0.15, 0.2) is 0 Å². The van der Waals surface area contributed by atoms with Crippen molar-refractivity contribution in [2.45, 2.75) is 25.6 Å². The number of carbonyl (C=O) groups is 1. The molecule has 2 aromatic heterocycles. The van der Waals surface area contributed by atoms with E-state index in [-0.39, 0.29) is 0 Å². The van der Waals surface area contributed by atoms with Gasteiger partial charge in [0.2, 0.25) is 0 Å². The highest BCUT2D eigenvalue weighted by atomic mass is 35.5. The minimum absolute atomic E-state index is 0.400. The Morgan fingerprint density at radius 3 is 2.48 bits per heavy atom. The Labute approximate surface area is 196 Å². The van der Waals surface area contributed by atoms with E-state index in [2.05, 4.69) is 33.2 Å². The van der Waals surface area contributed by atoms with Gasteiger partial charge in [-0.15, -0.1) is 0 Å². The standard InChI is InChI=1S/C27H24ClN3O2/c28-23-10-4-1-7-18(23)16-31-17-20(22-9-3-6-12-26(22)31)15-30-25(27(32)33)13-19-14-29-24-11-5-2-8-21(19)24/h1-12,14,17,25,29-30H,13,15-16H2,(H,32,33)/t25-/m1/s1. The van der Waals surface area contributed by atoms with E-state index in [1.807, 2.05) is 66.9 Å². The summed E-state index contributed by atoms with van der Waals surface area (Å²) in [5.41, 5.74) is 5.20. The van der Waals surface area contributed by atoms with Gasteiger partial charge in [-0.05, 0) is 34.9 Å². The van der Waals surface area contributed by atoms with Crippen molar-refractivity contribution in [3.05, 3.63) is 107 Å². The maximum Gasteiger partial charge on any atom is 0.321 e. The van der Waals surface area contributed by atoms with Crippen molar-refractivity contribution in [3.8, 4) is 0 Å². The lowest BCUT2D eigenvalue weighted by atomic mass is 10.0. The Kier molecular flexibility index (Phi) is 5.90. The summed E-state index contributed by atoms with van der Waals surface area (Å²) in [6.45, 7) is 1.10. The highest BCUT2D eigenvalue weighted by Crippen LogP contribution is 2.25. The van der Waals surface area contributed by atoms with Crippen LogP contribution in [0.2, 0.25) is 5.02 Å². The van der Waals surface area contributed by atoms with Crippen LogP contribution in [-0.4, -0.2) is 26.7 Å². The number of para-hydroxylation sites is 2. The summed E-state index contributed by atoms with van der Waals surface area (Å²) >= 11 is 6.39. The van der Waals surface area contributed by atoms with Crippen LogP contribution in [0.5, 0.6) is 0 Å². The fourth-order valence-electron chi connectivity index (χ4n) is 4.41. The van der Waals surface area contributed by atoms with Crippen molar-refractivity contribution in [2.75, 3.05) is 0 Å². The van der Waals surface area contributed by atoms with Crippen LogP contribution in [0.15, 0.2) is 85.2 Å². The first kappa shape index (κ1) is 21.3. The minimum atomic E-state index is -0.861. The molecule has 0 aliphatic rings. The first-order valence-corrected chi connectivity index (χ1v) is 11.3. The highest BCUT2D eigenvalue weighted by molar-refractivity contribution is 6.31. The van der Waals surface area contributed by atoms with E-state index in [9.17, 15) is 9.90 Å². The van der Waals surface area contributed by atoms with Crippen LogP contribution in [0, 0.1) is 0 Å². The molecule has 0 aliphatic carbocycles. The minimum Gasteiger partial charge on any atom is -0.480 e. The zero-order valence-corrected chi connectivity index (χ0v) is 18.7. The van der Waals surface area contributed by atoms with Crippen molar-refractivity contribution in [3.63, 3.8) is 0 Å². The van der Waals surface area contributed by atoms with E-state index in [1.165, 1.54) is 0 Å². The molecule has 0 saturated heterocycles. The number of hydrogen-bond donors (Lipinski definition) is 3.